The SMILES string of the molecule is COc1cc(C)c(C(F)(F)F)c(C(F)(F)F)c1. The second-order valence-corrected chi connectivity index (χ2v) is 3.36. The molecule has 0 N–H and O–H groups in total. The molecule has 1 nitrogen and oxygen atoms in total. The van der Waals surface area contributed by atoms with Gasteiger partial charge in [-0.05, 0) is 24.6 Å². The van der Waals surface area contributed by atoms with Crippen molar-refractivity contribution in [3.8, 4) is 5.75 Å². The summed E-state index contributed by atoms with van der Waals surface area (Å²) in [5.74, 6) is -0.261. The summed E-state index contributed by atoms with van der Waals surface area (Å²) in [5.41, 5.74) is -3.93. The molecule has 0 amide bonds. The number of ether oxygens (including phenoxy) is 1. The van der Waals surface area contributed by atoms with E-state index in [0.29, 0.717) is 6.07 Å². The number of halogens is 6. The maximum absolute atomic E-state index is 12.5. The highest BCUT2D eigenvalue weighted by atomic mass is 19.4. The third kappa shape index (κ3) is 2.83. The summed E-state index contributed by atoms with van der Waals surface area (Å²) in [6.07, 6.45) is -10.1. The molecule has 0 saturated heterocycles. The van der Waals surface area contributed by atoms with Gasteiger partial charge in [-0.2, -0.15) is 26.3 Å². The van der Waals surface area contributed by atoms with Crippen molar-refractivity contribution in [2.24, 2.45) is 0 Å². The summed E-state index contributed by atoms with van der Waals surface area (Å²) in [4.78, 5) is 0. The first-order valence-corrected chi connectivity index (χ1v) is 4.40. The van der Waals surface area contributed by atoms with Crippen molar-refractivity contribution < 1.29 is 31.1 Å². The van der Waals surface area contributed by atoms with Gasteiger partial charge in [-0.15, -0.1) is 0 Å². The number of hydrogen-bond donors (Lipinski definition) is 0. The minimum absolute atomic E-state index is 0.261. The molecule has 1 aromatic rings. The number of alkyl halides is 6. The Bertz CT molecular complexity index is 418. The van der Waals surface area contributed by atoms with E-state index < -0.39 is 29.0 Å². The van der Waals surface area contributed by atoms with E-state index in [9.17, 15) is 26.3 Å². The Morgan fingerprint density at radius 1 is 0.941 bits per heavy atom. The molecule has 96 valence electrons. The van der Waals surface area contributed by atoms with Crippen LogP contribution >= 0.6 is 0 Å². The van der Waals surface area contributed by atoms with Crippen molar-refractivity contribution in [2.45, 2.75) is 19.3 Å². The minimum Gasteiger partial charge on any atom is -0.497 e. The predicted octanol–water partition coefficient (Wildman–Crippen LogP) is 4.04. The normalized spacial score (nSPS) is 12.7. The zero-order chi connectivity index (χ0) is 13.4. The molecular formula is C10H8F6O. The molecule has 0 spiro atoms. The Kier molecular flexibility index (Phi) is 3.31. The summed E-state index contributed by atoms with van der Waals surface area (Å²) < 4.78 is 79.7. The van der Waals surface area contributed by atoms with Crippen LogP contribution < -0.4 is 4.74 Å². The second kappa shape index (κ2) is 4.12. The van der Waals surface area contributed by atoms with Crippen molar-refractivity contribution in [1.29, 1.82) is 0 Å². The van der Waals surface area contributed by atoms with E-state index in [1.54, 1.807) is 0 Å². The smallest absolute Gasteiger partial charge is 0.417 e. The maximum Gasteiger partial charge on any atom is 0.417 e. The summed E-state index contributed by atoms with van der Waals surface area (Å²) >= 11 is 0. The molecule has 0 atom stereocenters. The van der Waals surface area contributed by atoms with Crippen LogP contribution in [0.15, 0.2) is 12.1 Å². The number of methoxy groups -OCH3 is 1. The van der Waals surface area contributed by atoms with Gasteiger partial charge in [-0.25, -0.2) is 0 Å². The van der Waals surface area contributed by atoms with Gasteiger partial charge in [0.2, 0.25) is 0 Å². The maximum atomic E-state index is 12.5. The fourth-order valence-electron chi connectivity index (χ4n) is 1.47. The Morgan fingerprint density at radius 2 is 1.47 bits per heavy atom. The van der Waals surface area contributed by atoms with Gasteiger partial charge in [0.25, 0.3) is 0 Å². The third-order valence-electron chi connectivity index (χ3n) is 2.13. The van der Waals surface area contributed by atoms with Crippen molar-refractivity contribution >= 4 is 0 Å². The highest BCUT2D eigenvalue weighted by molar-refractivity contribution is 5.44. The van der Waals surface area contributed by atoms with E-state index in [1.807, 2.05) is 0 Å². The van der Waals surface area contributed by atoms with Gasteiger partial charge < -0.3 is 4.74 Å². The molecular weight excluding hydrogens is 250 g/mol. The monoisotopic (exact) mass is 258 g/mol. The topological polar surface area (TPSA) is 9.23 Å². The molecule has 0 aliphatic carbocycles. The van der Waals surface area contributed by atoms with E-state index in [-0.39, 0.29) is 5.75 Å². The molecule has 0 aromatic heterocycles. The lowest BCUT2D eigenvalue weighted by molar-refractivity contribution is -0.162. The largest absolute Gasteiger partial charge is 0.497 e. The van der Waals surface area contributed by atoms with E-state index in [0.717, 1.165) is 20.1 Å². The van der Waals surface area contributed by atoms with Gasteiger partial charge in [0, 0.05) is 0 Å². The lowest BCUT2D eigenvalue weighted by Crippen LogP contribution is -2.18. The lowest BCUT2D eigenvalue weighted by atomic mass is 10.0. The molecule has 1 rings (SSSR count). The van der Waals surface area contributed by atoms with Gasteiger partial charge in [-0.3, -0.25) is 0 Å². The molecule has 0 fully saturated rings. The molecule has 0 aliphatic heterocycles. The van der Waals surface area contributed by atoms with Crippen LogP contribution in [0.2, 0.25) is 0 Å². The quantitative estimate of drug-likeness (QED) is 0.691. The average Bonchev–Trinajstić information content (AvgIpc) is 2.12. The van der Waals surface area contributed by atoms with Crippen molar-refractivity contribution in [3.05, 3.63) is 28.8 Å². The fraction of sp³-hybridized carbons (Fsp3) is 0.400. The van der Waals surface area contributed by atoms with Gasteiger partial charge in [0.1, 0.15) is 5.75 Å². The Labute approximate surface area is 93.0 Å². The molecule has 7 heteroatoms. The van der Waals surface area contributed by atoms with Crippen molar-refractivity contribution in [3.63, 3.8) is 0 Å². The first-order chi connectivity index (χ1) is 7.57. The van der Waals surface area contributed by atoms with Crippen LogP contribution in [0.3, 0.4) is 0 Å². The number of benzene rings is 1. The van der Waals surface area contributed by atoms with Gasteiger partial charge in [0.15, 0.2) is 0 Å². The molecule has 17 heavy (non-hydrogen) atoms. The van der Waals surface area contributed by atoms with Crippen molar-refractivity contribution in [1.82, 2.24) is 0 Å². The van der Waals surface area contributed by atoms with E-state index >= 15 is 0 Å². The zero-order valence-electron chi connectivity index (χ0n) is 8.83. The van der Waals surface area contributed by atoms with Crippen molar-refractivity contribution in [2.75, 3.05) is 7.11 Å². The number of hydrogen-bond acceptors (Lipinski definition) is 1. The fourth-order valence-corrected chi connectivity index (χ4v) is 1.47. The standard InChI is InChI=1S/C10H8F6O/c1-5-3-6(17-2)4-7(9(11,12)13)8(5)10(14,15)16/h3-4H,1-2H3. The number of aryl methyl sites for hydroxylation is 1. The molecule has 0 heterocycles. The van der Waals surface area contributed by atoms with Crippen LogP contribution in [0, 0.1) is 6.92 Å². The Hall–Kier alpha value is -1.40. The van der Waals surface area contributed by atoms with Crippen LogP contribution in [-0.2, 0) is 12.4 Å². The second-order valence-electron chi connectivity index (χ2n) is 3.36. The van der Waals surface area contributed by atoms with Crippen LogP contribution in [0.4, 0.5) is 26.3 Å². The summed E-state index contributed by atoms with van der Waals surface area (Å²) in [5, 5.41) is 0. The summed E-state index contributed by atoms with van der Waals surface area (Å²) in [6.45, 7) is 0.959. The molecule has 1 aromatic carbocycles. The minimum atomic E-state index is -5.08. The summed E-state index contributed by atoms with van der Waals surface area (Å²) in [7, 11) is 1.09. The van der Waals surface area contributed by atoms with Gasteiger partial charge >= 0.3 is 12.4 Å². The van der Waals surface area contributed by atoms with E-state index in [2.05, 4.69) is 4.74 Å². The molecule has 0 unspecified atom stereocenters. The van der Waals surface area contributed by atoms with Gasteiger partial charge in [-0.1, -0.05) is 0 Å². The first-order valence-electron chi connectivity index (χ1n) is 4.40. The molecule has 0 saturated carbocycles. The average molecular weight is 258 g/mol. The first kappa shape index (κ1) is 13.7. The Balaban J connectivity index is 3.58. The Morgan fingerprint density at radius 3 is 1.82 bits per heavy atom. The summed E-state index contributed by atoms with van der Waals surface area (Å²) in [6, 6.07) is 1.26. The van der Waals surface area contributed by atoms with Gasteiger partial charge in [0.05, 0.1) is 18.2 Å². The zero-order valence-corrected chi connectivity index (χ0v) is 8.83. The molecule has 0 aliphatic rings. The lowest BCUT2D eigenvalue weighted by Gasteiger charge is -2.18. The van der Waals surface area contributed by atoms with E-state index in [1.165, 1.54) is 0 Å². The highest BCUT2D eigenvalue weighted by Crippen LogP contribution is 2.43. The van der Waals surface area contributed by atoms with Crippen LogP contribution in [0.1, 0.15) is 16.7 Å². The molecule has 0 bridgehead atoms. The van der Waals surface area contributed by atoms with E-state index in [4.69, 9.17) is 0 Å². The predicted molar refractivity (Wildman–Crippen MR) is 47.7 cm³/mol. The molecule has 0 radical (unpaired) electrons. The van der Waals surface area contributed by atoms with Crippen LogP contribution in [-0.4, -0.2) is 7.11 Å². The van der Waals surface area contributed by atoms with Crippen LogP contribution in [0.25, 0.3) is 0 Å². The highest BCUT2D eigenvalue weighted by Gasteiger charge is 2.44. The number of rotatable bonds is 1. The van der Waals surface area contributed by atoms with Crippen LogP contribution in [0.5, 0.6) is 5.75 Å². The third-order valence-corrected chi connectivity index (χ3v) is 2.13.